The van der Waals surface area contributed by atoms with Gasteiger partial charge < -0.3 is 5.32 Å². The Hall–Kier alpha value is -2.46. The van der Waals surface area contributed by atoms with Gasteiger partial charge in [-0.05, 0) is 24.5 Å². The van der Waals surface area contributed by atoms with Crippen molar-refractivity contribution in [1.29, 1.82) is 0 Å². The number of nitrogens with one attached hydrogen (secondary N) is 1. The number of anilines is 1. The Morgan fingerprint density at radius 3 is 2.38 bits per heavy atom. The molecule has 0 spiro atoms. The topological polar surface area (TPSA) is 42.0 Å². The van der Waals surface area contributed by atoms with Gasteiger partial charge in [-0.15, -0.1) is 11.3 Å². The van der Waals surface area contributed by atoms with Crippen LogP contribution in [0.15, 0.2) is 53.9 Å². The van der Waals surface area contributed by atoms with Gasteiger partial charge in [-0.2, -0.15) is 0 Å². The molecule has 122 valence electrons. The van der Waals surface area contributed by atoms with Crippen molar-refractivity contribution in [3.63, 3.8) is 0 Å². The van der Waals surface area contributed by atoms with E-state index in [0.717, 1.165) is 23.2 Å². The molecule has 0 atom stereocenters. The largest absolute Gasteiger partial charge is 0.302 e. The maximum atomic E-state index is 12.2. The highest BCUT2D eigenvalue weighted by Crippen LogP contribution is 2.25. The van der Waals surface area contributed by atoms with Crippen molar-refractivity contribution >= 4 is 22.4 Å². The molecule has 24 heavy (non-hydrogen) atoms. The minimum atomic E-state index is -0.0379. The predicted octanol–water partition coefficient (Wildman–Crippen LogP) is 4.86. The van der Waals surface area contributed by atoms with Gasteiger partial charge in [0.25, 0.3) is 0 Å². The molecule has 0 aliphatic heterocycles. The van der Waals surface area contributed by atoms with Crippen molar-refractivity contribution in [1.82, 2.24) is 4.98 Å². The van der Waals surface area contributed by atoms with E-state index in [2.05, 4.69) is 48.4 Å². The first-order chi connectivity index (χ1) is 11.6. The monoisotopic (exact) mass is 336 g/mol. The van der Waals surface area contributed by atoms with E-state index in [1.165, 1.54) is 22.5 Å². The third-order valence-corrected chi connectivity index (χ3v) is 4.65. The maximum Gasteiger partial charge on any atom is 0.230 e. The second-order valence-corrected chi connectivity index (χ2v) is 6.66. The predicted molar refractivity (Wildman–Crippen MR) is 100 cm³/mol. The number of amides is 1. The van der Waals surface area contributed by atoms with E-state index in [9.17, 15) is 4.79 Å². The van der Waals surface area contributed by atoms with Gasteiger partial charge in [-0.25, -0.2) is 4.98 Å². The van der Waals surface area contributed by atoms with Crippen LogP contribution in [-0.2, 0) is 17.6 Å². The number of carbonyl (C=O) groups excluding carboxylic acids is 1. The fourth-order valence-electron chi connectivity index (χ4n) is 2.43. The van der Waals surface area contributed by atoms with Gasteiger partial charge in [0.2, 0.25) is 5.91 Å². The van der Waals surface area contributed by atoms with Crippen LogP contribution in [0.25, 0.3) is 11.3 Å². The van der Waals surface area contributed by atoms with Crippen LogP contribution in [0.1, 0.15) is 23.6 Å². The van der Waals surface area contributed by atoms with Crippen molar-refractivity contribution in [2.75, 3.05) is 5.32 Å². The van der Waals surface area contributed by atoms with Gasteiger partial charge in [0.15, 0.2) is 5.13 Å². The second-order valence-electron chi connectivity index (χ2n) is 5.80. The minimum absolute atomic E-state index is 0.0379. The quantitative estimate of drug-likeness (QED) is 0.723. The lowest BCUT2D eigenvalue weighted by atomic mass is 10.1. The van der Waals surface area contributed by atoms with Gasteiger partial charge in [-0.1, -0.05) is 61.0 Å². The number of carbonyl (C=O) groups is 1. The molecule has 1 amide bonds. The van der Waals surface area contributed by atoms with Crippen LogP contribution in [0.5, 0.6) is 0 Å². The first-order valence-corrected chi connectivity index (χ1v) is 8.92. The van der Waals surface area contributed by atoms with Crippen LogP contribution in [0, 0.1) is 6.92 Å². The fourth-order valence-corrected chi connectivity index (χ4v) is 3.17. The lowest BCUT2D eigenvalue weighted by Crippen LogP contribution is -2.14. The van der Waals surface area contributed by atoms with Crippen LogP contribution in [-0.4, -0.2) is 10.9 Å². The molecule has 0 fully saturated rings. The van der Waals surface area contributed by atoms with E-state index in [-0.39, 0.29) is 5.91 Å². The Morgan fingerprint density at radius 2 is 1.71 bits per heavy atom. The van der Waals surface area contributed by atoms with Crippen molar-refractivity contribution in [2.24, 2.45) is 0 Å². The molecule has 0 saturated carbocycles. The Labute approximate surface area is 146 Å². The summed E-state index contributed by atoms with van der Waals surface area (Å²) in [6.07, 6.45) is 1.37. The molecule has 1 heterocycles. The molecule has 0 bridgehead atoms. The van der Waals surface area contributed by atoms with E-state index in [4.69, 9.17) is 0 Å². The summed E-state index contributed by atoms with van der Waals surface area (Å²) in [5.74, 6) is -0.0379. The lowest BCUT2D eigenvalue weighted by Gasteiger charge is -2.03. The molecule has 2 aromatic carbocycles. The Balaban J connectivity index is 1.63. The molecule has 4 heteroatoms. The third kappa shape index (κ3) is 4.09. The number of thiazole rings is 1. The molecule has 3 nitrogen and oxygen atoms in total. The summed E-state index contributed by atoms with van der Waals surface area (Å²) in [6, 6.07) is 16.4. The van der Waals surface area contributed by atoms with Gasteiger partial charge >= 0.3 is 0 Å². The van der Waals surface area contributed by atoms with E-state index in [0.29, 0.717) is 11.6 Å². The Bertz CT molecular complexity index is 820. The number of hydrogen-bond donors (Lipinski definition) is 1. The molecule has 1 N–H and O–H groups in total. The summed E-state index contributed by atoms with van der Waals surface area (Å²) >= 11 is 1.45. The van der Waals surface area contributed by atoms with Crippen LogP contribution >= 0.6 is 11.3 Å². The smallest absolute Gasteiger partial charge is 0.230 e. The van der Waals surface area contributed by atoms with Gasteiger partial charge in [0, 0.05) is 10.9 Å². The standard InChI is InChI=1S/C20H20N2OS/c1-3-15-6-8-16(9-7-15)12-19(23)22-20-21-18(13-24-20)17-10-4-14(2)5-11-17/h4-11,13H,3,12H2,1-2H3,(H,21,22,23). The Kier molecular flexibility index (Phi) is 5.06. The van der Waals surface area contributed by atoms with Crippen molar-refractivity contribution < 1.29 is 4.79 Å². The molecule has 1 aromatic heterocycles. The molecular formula is C20H20N2OS. The summed E-state index contributed by atoms with van der Waals surface area (Å²) in [4.78, 5) is 16.7. The zero-order chi connectivity index (χ0) is 16.9. The van der Waals surface area contributed by atoms with Crippen LogP contribution < -0.4 is 5.32 Å². The number of benzene rings is 2. The van der Waals surface area contributed by atoms with E-state index in [1.54, 1.807) is 0 Å². The van der Waals surface area contributed by atoms with Gasteiger partial charge in [0.05, 0.1) is 12.1 Å². The number of aromatic nitrogens is 1. The first kappa shape index (κ1) is 16.4. The van der Waals surface area contributed by atoms with E-state index in [1.807, 2.05) is 29.6 Å². The highest BCUT2D eigenvalue weighted by molar-refractivity contribution is 7.14. The number of aryl methyl sites for hydroxylation is 2. The lowest BCUT2D eigenvalue weighted by molar-refractivity contribution is -0.115. The van der Waals surface area contributed by atoms with Crippen molar-refractivity contribution in [2.45, 2.75) is 26.7 Å². The highest BCUT2D eigenvalue weighted by atomic mass is 32.1. The molecule has 0 radical (unpaired) electrons. The molecule has 0 unspecified atom stereocenters. The first-order valence-electron chi connectivity index (χ1n) is 8.04. The molecule has 3 aromatic rings. The fraction of sp³-hybridized carbons (Fsp3) is 0.200. The van der Waals surface area contributed by atoms with Crippen LogP contribution in [0.4, 0.5) is 5.13 Å². The summed E-state index contributed by atoms with van der Waals surface area (Å²) in [7, 11) is 0. The SMILES string of the molecule is CCc1ccc(CC(=O)Nc2nc(-c3ccc(C)cc3)cs2)cc1. The average Bonchev–Trinajstić information content (AvgIpc) is 3.04. The van der Waals surface area contributed by atoms with Crippen molar-refractivity contribution in [3.05, 3.63) is 70.6 Å². The van der Waals surface area contributed by atoms with E-state index < -0.39 is 0 Å². The number of hydrogen-bond acceptors (Lipinski definition) is 3. The zero-order valence-electron chi connectivity index (χ0n) is 13.9. The minimum Gasteiger partial charge on any atom is -0.302 e. The molecular weight excluding hydrogens is 316 g/mol. The summed E-state index contributed by atoms with van der Waals surface area (Å²) in [5.41, 5.74) is 5.47. The molecule has 0 saturated heterocycles. The van der Waals surface area contributed by atoms with Crippen molar-refractivity contribution in [3.8, 4) is 11.3 Å². The summed E-state index contributed by atoms with van der Waals surface area (Å²) < 4.78 is 0. The van der Waals surface area contributed by atoms with Crippen LogP contribution in [0.3, 0.4) is 0 Å². The maximum absolute atomic E-state index is 12.2. The number of nitrogens with zero attached hydrogens (tertiary/aromatic N) is 1. The molecule has 3 rings (SSSR count). The zero-order valence-corrected chi connectivity index (χ0v) is 14.7. The van der Waals surface area contributed by atoms with Crippen LogP contribution in [0.2, 0.25) is 0 Å². The average molecular weight is 336 g/mol. The number of rotatable bonds is 5. The molecule has 0 aliphatic rings. The van der Waals surface area contributed by atoms with Gasteiger partial charge in [-0.3, -0.25) is 4.79 Å². The third-order valence-electron chi connectivity index (χ3n) is 3.89. The highest BCUT2D eigenvalue weighted by Gasteiger charge is 2.09. The normalized spacial score (nSPS) is 10.6. The molecule has 0 aliphatic carbocycles. The summed E-state index contributed by atoms with van der Waals surface area (Å²) in [6.45, 7) is 4.18. The van der Waals surface area contributed by atoms with Gasteiger partial charge in [0.1, 0.15) is 0 Å². The van der Waals surface area contributed by atoms with E-state index >= 15 is 0 Å². The Morgan fingerprint density at radius 1 is 1.04 bits per heavy atom. The second kappa shape index (κ2) is 7.41. The summed E-state index contributed by atoms with van der Waals surface area (Å²) in [5, 5.41) is 5.50.